The van der Waals surface area contributed by atoms with Crippen molar-refractivity contribution < 1.29 is 15.1 Å². The van der Waals surface area contributed by atoms with E-state index in [0.29, 0.717) is 0 Å². The molecule has 2 aliphatic rings. The molecule has 2 atom stereocenters. The molecule has 2 unspecified atom stereocenters. The highest BCUT2D eigenvalue weighted by Crippen LogP contribution is 2.43. The van der Waals surface area contributed by atoms with Gasteiger partial charge >= 0.3 is 0 Å². The first-order valence-electron chi connectivity index (χ1n) is 7.24. The lowest BCUT2D eigenvalue weighted by molar-refractivity contribution is -0.120. The Morgan fingerprint density at radius 1 is 1.53 bits per heavy atom. The van der Waals surface area contributed by atoms with Crippen LogP contribution in [0, 0.1) is 0 Å². The summed E-state index contributed by atoms with van der Waals surface area (Å²) in [6.45, 7) is 0.113. The second-order valence-electron chi connectivity index (χ2n) is 4.33. The van der Waals surface area contributed by atoms with Crippen LogP contribution in [-0.2, 0) is 15.0 Å². The molecule has 1 spiro atoms. The van der Waals surface area contributed by atoms with Crippen molar-refractivity contribution in [1.82, 2.24) is 5.32 Å². The molecule has 88 valence electrons. The van der Waals surface area contributed by atoms with Crippen LogP contribution >= 0.6 is 0 Å². The molecule has 0 saturated carbocycles. The lowest BCUT2D eigenvalue weighted by Crippen LogP contribution is -2.36. The standard InChI is InChI=1S/C12H13N3O2/c13-10(16)9-5-12(6-14-9)7-3-1-2-4-8(7)15-11(12)17/h1-4,9,14H,5-6H2,(H2,13,16)(H,15,17)/i1D,2D,3D,4D. The Labute approximate surface area is 104 Å². The Bertz CT molecular complexity index is 694. The molecule has 0 aromatic heterocycles. The van der Waals surface area contributed by atoms with Gasteiger partial charge in [0, 0.05) is 12.2 Å². The van der Waals surface area contributed by atoms with Crippen molar-refractivity contribution in [1.29, 1.82) is 0 Å². The number of anilines is 1. The Morgan fingerprint density at radius 3 is 3.00 bits per heavy atom. The number of nitrogens with one attached hydrogen (secondary N) is 2. The van der Waals surface area contributed by atoms with Gasteiger partial charge in [-0.2, -0.15) is 0 Å². The second kappa shape index (κ2) is 3.30. The van der Waals surface area contributed by atoms with Crippen LogP contribution in [0.4, 0.5) is 5.69 Å². The molecule has 0 bridgehead atoms. The summed E-state index contributed by atoms with van der Waals surface area (Å²) >= 11 is 0. The highest BCUT2D eigenvalue weighted by molar-refractivity contribution is 6.07. The molecule has 3 rings (SSSR count). The fraction of sp³-hybridized carbons (Fsp3) is 0.333. The molecule has 4 N–H and O–H groups in total. The molecule has 0 aliphatic carbocycles. The zero-order chi connectivity index (χ0) is 15.5. The first-order valence-corrected chi connectivity index (χ1v) is 5.24. The summed E-state index contributed by atoms with van der Waals surface area (Å²) in [7, 11) is 0. The predicted molar refractivity (Wildman–Crippen MR) is 62.4 cm³/mol. The van der Waals surface area contributed by atoms with Gasteiger partial charge in [0.05, 0.1) is 16.9 Å². The summed E-state index contributed by atoms with van der Waals surface area (Å²) in [5.41, 5.74) is 4.39. The van der Waals surface area contributed by atoms with Crippen LogP contribution < -0.4 is 16.4 Å². The molecular weight excluding hydrogens is 218 g/mol. The van der Waals surface area contributed by atoms with Crippen LogP contribution in [0.3, 0.4) is 0 Å². The molecule has 2 heterocycles. The first-order chi connectivity index (χ1) is 9.79. The van der Waals surface area contributed by atoms with Gasteiger partial charge in [-0.25, -0.2) is 0 Å². The van der Waals surface area contributed by atoms with Gasteiger partial charge in [-0.15, -0.1) is 0 Å². The van der Waals surface area contributed by atoms with Gasteiger partial charge in [-0.05, 0) is 18.0 Å². The van der Waals surface area contributed by atoms with Gasteiger partial charge in [0.15, 0.2) is 0 Å². The second-order valence-corrected chi connectivity index (χ2v) is 4.33. The monoisotopic (exact) mass is 235 g/mol. The van der Waals surface area contributed by atoms with Crippen molar-refractivity contribution >= 4 is 17.5 Å². The summed E-state index contributed by atoms with van der Waals surface area (Å²) < 4.78 is 31.3. The minimum atomic E-state index is -1.18. The van der Waals surface area contributed by atoms with E-state index in [4.69, 9.17) is 11.2 Å². The van der Waals surface area contributed by atoms with E-state index in [1.54, 1.807) is 0 Å². The summed E-state index contributed by atoms with van der Waals surface area (Å²) in [5.74, 6) is -1.02. The lowest BCUT2D eigenvalue weighted by Gasteiger charge is -2.19. The number of para-hydroxylation sites is 1. The predicted octanol–water partition coefficient (Wildman–Crippen LogP) is -0.276. The van der Waals surface area contributed by atoms with Crippen molar-refractivity contribution in [3.8, 4) is 0 Å². The van der Waals surface area contributed by atoms with Gasteiger partial charge in [-0.1, -0.05) is 18.1 Å². The first kappa shape index (κ1) is 6.76. The van der Waals surface area contributed by atoms with Crippen LogP contribution in [0.2, 0.25) is 0 Å². The molecule has 5 nitrogen and oxygen atoms in total. The molecule has 2 amide bonds. The SMILES string of the molecule is [2H]c1c([2H])c([2H])c2c(c1[2H])NC(=O)C21CNC(C(N)=O)C1. The van der Waals surface area contributed by atoms with Crippen LogP contribution in [0.5, 0.6) is 0 Å². The number of benzene rings is 1. The van der Waals surface area contributed by atoms with Crippen molar-refractivity contribution in [2.24, 2.45) is 5.73 Å². The number of primary amides is 1. The smallest absolute Gasteiger partial charge is 0.236 e. The zero-order valence-electron chi connectivity index (χ0n) is 12.9. The molecule has 1 aromatic carbocycles. The van der Waals surface area contributed by atoms with Crippen LogP contribution in [0.1, 0.15) is 17.5 Å². The van der Waals surface area contributed by atoms with Crippen molar-refractivity contribution in [2.75, 3.05) is 11.9 Å². The molecule has 1 saturated heterocycles. The lowest BCUT2D eigenvalue weighted by atomic mass is 9.79. The molecule has 0 radical (unpaired) electrons. The van der Waals surface area contributed by atoms with Crippen LogP contribution in [0.15, 0.2) is 24.2 Å². The molecule has 17 heavy (non-hydrogen) atoms. The van der Waals surface area contributed by atoms with E-state index < -0.39 is 35.4 Å². The summed E-state index contributed by atoms with van der Waals surface area (Å²) in [6, 6.07) is -2.01. The fourth-order valence-corrected chi connectivity index (χ4v) is 2.47. The summed E-state index contributed by atoms with van der Waals surface area (Å²) in [4.78, 5) is 23.7. The van der Waals surface area contributed by atoms with Gasteiger partial charge in [0.25, 0.3) is 0 Å². The topological polar surface area (TPSA) is 84.2 Å². The van der Waals surface area contributed by atoms with Gasteiger partial charge in [-0.3, -0.25) is 9.59 Å². The Kier molecular flexibility index (Phi) is 1.31. The van der Waals surface area contributed by atoms with Crippen LogP contribution in [-0.4, -0.2) is 24.4 Å². The highest BCUT2D eigenvalue weighted by Gasteiger charge is 2.52. The van der Waals surface area contributed by atoms with E-state index >= 15 is 0 Å². The molecule has 1 aromatic rings. The van der Waals surface area contributed by atoms with Crippen molar-refractivity contribution in [3.05, 3.63) is 29.7 Å². The number of rotatable bonds is 1. The largest absolute Gasteiger partial charge is 0.368 e. The zero-order valence-corrected chi connectivity index (χ0v) is 8.89. The molecular formula is C12H13N3O2. The Hall–Kier alpha value is -1.88. The van der Waals surface area contributed by atoms with E-state index in [1.807, 2.05) is 0 Å². The number of fused-ring (bicyclic) bond motifs is 2. The maximum atomic E-state index is 12.4. The van der Waals surface area contributed by atoms with Gasteiger partial charge in [0.2, 0.25) is 11.8 Å². The number of hydrogen-bond acceptors (Lipinski definition) is 3. The Balaban J connectivity index is 2.22. The maximum absolute atomic E-state index is 12.4. The van der Waals surface area contributed by atoms with E-state index in [9.17, 15) is 9.59 Å². The highest BCUT2D eigenvalue weighted by atomic mass is 16.2. The minimum Gasteiger partial charge on any atom is -0.368 e. The number of hydrogen-bond donors (Lipinski definition) is 3. The third kappa shape index (κ3) is 1.29. The summed E-state index contributed by atoms with van der Waals surface area (Å²) in [6.07, 6.45) is 0.0866. The van der Waals surface area contributed by atoms with E-state index in [-0.39, 0.29) is 36.3 Å². The quantitative estimate of drug-likeness (QED) is 0.626. The van der Waals surface area contributed by atoms with E-state index in [2.05, 4.69) is 10.6 Å². The number of nitrogens with two attached hydrogens (primary N) is 1. The third-order valence-corrected chi connectivity index (χ3v) is 3.39. The maximum Gasteiger partial charge on any atom is 0.236 e. The Morgan fingerprint density at radius 2 is 2.29 bits per heavy atom. The molecule has 1 fully saturated rings. The number of amides is 2. The normalized spacial score (nSPS) is 33.6. The summed E-state index contributed by atoms with van der Waals surface area (Å²) in [5, 5.41) is 5.38. The average Bonchev–Trinajstić information content (AvgIpc) is 2.99. The van der Waals surface area contributed by atoms with Gasteiger partial charge in [0.1, 0.15) is 0 Å². The molecule has 2 aliphatic heterocycles. The fourth-order valence-electron chi connectivity index (χ4n) is 2.47. The molecule has 5 heteroatoms. The number of carbonyl (C=O) groups excluding carboxylic acids is 2. The van der Waals surface area contributed by atoms with Crippen molar-refractivity contribution in [2.45, 2.75) is 17.9 Å². The van der Waals surface area contributed by atoms with Crippen molar-refractivity contribution in [3.63, 3.8) is 0 Å². The van der Waals surface area contributed by atoms with E-state index in [0.717, 1.165) is 0 Å². The van der Waals surface area contributed by atoms with Crippen LogP contribution in [0.25, 0.3) is 0 Å². The average molecular weight is 235 g/mol. The third-order valence-electron chi connectivity index (χ3n) is 3.39. The van der Waals surface area contributed by atoms with E-state index in [1.165, 1.54) is 0 Å². The van der Waals surface area contributed by atoms with Gasteiger partial charge < -0.3 is 16.4 Å². The number of carbonyl (C=O) groups is 2. The minimum absolute atomic E-state index is 0.0866.